The molecule has 0 radical (unpaired) electrons. The number of carbonyl (C=O) groups excluding carboxylic acids is 2. The van der Waals surface area contributed by atoms with E-state index >= 15 is 0 Å². The molecule has 152 valence electrons. The summed E-state index contributed by atoms with van der Waals surface area (Å²) >= 11 is 0. The van der Waals surface area contributed by atoms with Crippen molar-refractivity contribution in [3.8, 4) is 0 Å². The number of carbonyl (C=O) groups is 2. The number of aromatic nitrogens is 2. The molecule has 8 heteroatoms. The van der Waals surface area contributed by atoms with E-state index in [1.807, 2.05) is 31.2 Å². The lowest BCUT2D eigenvalue weighted by atomic mass is 9.80. The van der Waals surface area contributed by atoms with Crippen LogP contribution in [-0.2, 0) is 21.5 Å². The SMILES string of the molecule is Cc1cnc(CNC(=O)[C@@H]2C[C@@]3(CO2)CN(C(=O)N(C)C)c2ccccc23)cn1. The van der Waals surface area contributed by atoms with Crippen molar-refractivity contribution in [2.75, 3.05) is 32.1 Å². The normalized spacial score (nSPS) is 22.6. The molecule has 3 amide bonds. The molecule has 0 aliphatic carbocycles. The third-order valence-electron chi connectivity index (χ3n) is 5.55. The van der Waals surface area contributed by atoms with Crippen LogP contribution in [0.15, 0.2) is 36.7 Å². The predicted molar refractivity (Wildman–Crippen MR) is 108 cm³/mol. The highest BCUT2D eigenvalue weighted by atomic mass is 16.5. The van der Waals surface area contributed by atoms with Gasteiger partial charge in [0.15, 0.2) is 0 Å². The average Bonchev–Trinajstić information content (AvgIpc) is 3.29. The highest BCUT2D eigenvalue weighted by molar-refractivity contribution is 5.95. The fourth-order valence-electron chi connectivity index (χ4n) is 4.04. The van der Waals surface area contributed by atoms with E-state index in [1.165, 1.54) is 0 Å². The lowest BCUT2D eigenvalue weighted by molar-refractivity contribution is -0.130. The maximum Gasteiger partial charge on any atom is 0.323 e. The van der Waals surface area contributed by atoms with Gasteiger partial charge in [0.1, 0.15) is 6.10 Å². The summed E-state index contributed by atoms with van der Waals surface area (Å²) < 4.78 is 5.91. The minimum absolute atomic E-state index is 0.0693. The van der Waals surface area contributed by atoms with Crippen molar-refractivity contribution in [3.63, 3.8) is 0 Å². The predicted octanol–water partition coefficient (Wildman–Crippen LogP) is 1.63. The number of nitrogens with zero attached hydrogens (tertiary/aromatic N) is 4. The van der Waals surface area contributed by atoms with E-state index in [0.717, 1.165) is 16.9 Å². The van der Waals surface area contributed by atoms with E-state index in [1.54, 1.807) is 36.3 Å². The van der Waals surface area contributed by atoms with Crippen LogP contribution in [-0.4, -0.2) is 60.2 Å². The monoisotopic (exact) mass is 395 g/mol. The van der Waals surface area contributed by atoms with Gasteiger partial charge in [-0.25, -0.2) is 4.79 Å². The molecule has 8 nitrogen and oxygen atoms in total. The molecule has 2 aromatic rings. The number of fused-ring (bicyclic) bond motifs is 2. The molecular weight excluding hydrogens is 370 g/mol. The number of nitrogens with one attached hydrogen (secondary N) is 1. The van der Waals surface area contributed by atoms with Crippen molar-refractivity contribution in [3.05, 3.63) is 53.6 Å². The van der Waals surface area contributed by atoms with E-state index < -0.39 is 6.10 Å². The van der Waals surface area contributed by atoms with Gasteiger partial charge in [0.2, 0.25) is 5.91 Å². The minimum Gasteiger partial charge on any atom is -0.367 e. The van der Waals surface area contributed by atoms with Crippen molar-refractivity contribution < 1.29 is 14.3 Å². The van der Waals surface area contributed by atoms with E-state index in [-0.39, 0.29) is 17.4 Å². The molecule has 4 rings (SSSR count). The van der Waals surface area contributed by atoms with Crippen molar-refractivity contribution in [1.82, 2.24) is 20.2 Å². The van der Waals surface area contributed by atoms with Crippen molar-refractivity contribution in [2.24, 2.45) is 0 Å². The van der Waals surface area contributed by atoms with Gasteiger partial charge < -0.3 is 15.0 Å². The number of para-hydroxylation sites is 1. The summed E-state index contributed by atoms with van der Waals surface area (Å²) in [6.45, 7) is 3.09. The van der Waals surface area contributed by atoms with E-state index in [0.29, 0.717) is 31.8 Å². The van der Waals surface area contributed by atoms with E-state index in [4.69, 9.17) is 4.74 Å². The number of anilines is 1. The first-order valence-corrected chi connectivity index (χ1v) is 9.65. The second-order valence-electron chi connectivity index (χ2n) is 7.93. The number of aryl methyl sites for hydroxylation is 1. The van der Waals surface area contributed by atoms with Gasteiger partial charge >= 0.3 is 6.03 Å². The highest BCUT2D eigenvalue weighted by Gasteiger charge is 2.51. The minimum atomic E-state index is -0.559. The summed E-state index contributed by atoms with van der Waals surface area (Å²) in [7, 11) is 3.48. The zero-order valence-corrected chi connectivity index (χ0v) is 16.9. The number of amides is 3. The van der Waals surface area contributed by atoms with Gasteiger partial charge in [0, 0.05) is 37.9 Å². The van der Waals surface area contributed by atoms with Crippen LogP contribution in [0.1, 0.15) is 23.4 Å². The highest BCUT2D eigenvalue weighted by Crippen LogP contribution is 2.47. The molecule has 0 unspecified atom stereocenters. The Balaban J connectivity index is 1.47. The molecule has 1 N–H and O–H groups in total. The fraction of sp³-hybridized carbons (Fsp3) is 0.429. The van der Waals surface area contributed by atoms with Crippen molar-refractivity contribution in [2.45, 2.75) is 31.4 Å². The van der Waals surface area contributed by atoms with Crippen LogP contribution in [0.5, 0.6) is 0 Å². The van der Waals surface area contributed by atoms with Crippen LogP contribution < -0.4 is 10.2 Å². The van der Waals surface area contributed by atoms with Crippen LogP contribution >= 0.6 is 0 Å². The van der Waals surface area contributed by atoms with Gasteiger partial charge in [-0.1, -0.05) is 18.2 Å². The Bertz CT molecular complexity index is 930. The second-order valence-corrected chi connectivity index (χ2v) is 7.93. The number of ether oxygens (including phenoxy) is 1. The topological polar surface area (TPSA) is 87.7 Å². The molecule has 0 saturated carbocycles. The molecule has 1 spiro atoms. The van der Waals surface area contributed by atoms with Crippen LogP contribution in [0.3, 0.4) is 0 Å². The molecule has 1 saturated heterocycles. The number of benzene rings is 1. The zero-order chi connectivity index (χ0) is 20.6. The third kappa shape index (κ3) is 3.55. The number of hydrogen-bond acceptors (Lipinski definition) is 5. The van der Waals surface area contributed by atoms with Gasteiger partial charge in [0.25, 0.3) is 0 Å². The molecular formula is C21H25N5O3. The third-order valence-corrected chi connectivity index (χ3v) is 5.55. The first-order valence-electron chi connectivity index (χ1n) is 9.65. The Hall–Kier alpha value is -3.00. The molecule has 1 aromatic carbocycles. The molecule has 3 heterocycles. The summed E-state index contributed by atoms with van der Waals surface area (Å²) in [5.41, 5.74) is 3.12. The summed E-state index contributed by atoms with van der Waals surface area (Å²) in [6.07, 6.45) is 3.31. The quantitative estimate of drug-likeness (QED) is 0.854. The number of urea groups is 1. The Morgan fingerprint density at radius 1 is 1.28 bits per heavy atom. The summed E-state index contributed by atoms with van der Waals surface area (Å²) in [5, 5.41) is 2.89. The summed E-state index contributed by atoms with van der Waals surface area (Å²) in [4.78, 5) is 37.1. The molecule has 2 atom stereocenters. The van der Waals surface area contributed by atoms with Crippen LogP contribution in [0.4, 0.5) is 10.5 Å². The Morgan fingerprint density at radius 2 is 2.07 bits per heavy atom. The molecule has 2 aliphatic heterocycles. The van der Waals surface area contributed by atoms with E-state index in [2.05, 4.69) is 15.3 Å². The van der Waals surface area contributed by atoms with Gasteiger partial charge in [0.05, 0.1) is 30.7 Å². The molecule has 1 aromatic heterocycles. The summed E-state index contributed by atoms with van der Waals surface area (Å²) in [5.74, 6) is -0.167. The maximum atomic E-state index is 12.7. The van der Waals surface area contributed by atoms with Crippen molar-refractivity contribution in [1.29, 1.82) is 0 Å². The fourth-order valence-corrected chi connectivity index (χ4v) is 4.04. The number of hydrogen-bond donors (Lipinski definition) is 1. The lowest BCUT2D eigenvalue weighted by Gasteiger charge is -2.25. The molecule has 0 bridgehead atoms. The molecule has 2 aliphatic rings. The maximum absolute atomic E-state index is 12.7. The lowest BCUT2D eigenvalue weighted by Crippen LogP contribution is -2.43. The Labute approximate surface area is 169 Å². The number of rotatable bonds is 3. The first-order chi connectivity index (χ1) is 13.9. The van der Waals surface area contributed by atoms with E-state index in [9.17, 15) is 9.59 Å². The largest absolute Gasteiger partial charge is 0.367 e. The van der Waals surface area contributed by atoms with Gasteiger partial charge in [-0.2, -0.15) is 0 Å². The van der Waals surface area contributed by atoms with Gasteiger partial charge in [-0.3, -0.25) is 19.7 Å². The van der Waals surface area contributed by atoms with Crippen LogP contribution in [0.2, 0.25) is 0 Å². The smallest absolute Gasteiger partial charge is 0.323 e. The second kappa shape index (κ2) is 7.44. The Kier molecular flexibility index (Phi) is 4.96. The summed E-state index contributed by atoms with van der Waals surface area (Å²) in [6, 6.07) is 7.81. The van der Waals surface area contributed by atoms with Crippen LogP contribution in [0.25, 0.3) is 0 Å². The first kappa shape index (κ1) is 19.3. The van der Waals surface area contributed by atoms with Gasteiger partial charge in [-0.05, 0) is 25.0 Å². The molecule has 1 fully saturated rings. The zero-order valence-electron chi connectivity index (χ0n) is 16.9. The Morgan fingerprint density at radius 3 is 2.79 bits per heavy atom. The average molecular weight is 395 g/mol. The van der Waals surface area contributed by atoms with Crippen LogP contribution in [0, 0.1) is 6.92 Å². The van der Waals surface area contributed by atoms with Gasteiger partial charge in [-0.15, -0.1) is 0 Å². The standard InChI is InChI=1S/C21H25N5O3/c1-14-9-23-15(10-22-14)11-24-19(27)18-8-21(13-29-18)12-26(20(28)25(2)3)17-7-5-4-6-16(17)21/h4-7,9-10,18H,8,11-13H2,1-3H3,(H,24,27)/t18-,21-/m0/s1. The van der Waals surface area contributed by atoms with Crippen molar-refractivity contribution >= 4 is 17.6 Å². The molecule has 29 heavy (non-hydrogen) atoms.